The van der Waals surface area contributed by atoms with Crippen LogP contribution in [0.15, 0.2) is 95.9 Å². The molecule has 4 aromatic rings. The number of halogens is 1. The molecule has 1 unspecified atom stereocenters. The van der Waals surface area contributed by atoms with Crippen LogP contribution >= 0.6 is 11.6 Å². The molecular weight excluding hydrogens is 602 g/mol. The first-order valence-electron chi connectivity index (χ1n) is 15.4. The Morgan fingerprint density at radius 3 is 2.07 bits per heavy atom. The third-order valence-electron chi connectivity index (χ3n) is 8.11. The molecule has 3 aromatic carbocycles. The summed E-state index contributed by atoms with van der Waals surface area (Å²) in [5.74, 6) is -0.476. The second-order valence-electron chi connectivity index (χ2n) is 13.7. The summed E-state index contributed by atoms with van der Waals surface area (Å²) in [6, 6.07) is 28.4. The van der Waals surface area contributed by atoms with Crippen molar-refractivity contribution in [3.05, 3.63) is 118 Å². The third-order valence-corrected chi connectivity index (χ3v) is 13.4. The Morgan fingerprint density at radius 1 is 0.889 bits per heavy atom. The van der Waals surface area contributed by atoms with Crippen LogP contribution in [0.25, 0.3) is 11.1 Å². The van der Waals surface area contributed by atoms with Crippen molar-refractivity contribution in [2.75, 3.05) is 6.61 Å². The molecule has 8 heteroatoms. The van der Waals surface area contributed by atoms with E-state index in [1.165, 1.54) is 14.9 Å². The first kappa shape index (κ1) is 32.9. The maximum absolute atomic E-state index is 13.2. The lowest BCUT2D eigenvalue weighted by Crippen LogP contribution is -2.67. The topological polar surface area (TPSA) is 66.8 Å². The van der Waals surface area contributed by atoms with Crippen LogP contribution in [0.4, 0.5) is 0 Å². The molecule has 5 rings (SSSR count). The molecule has 0 N–H and O–H groups in total. The summed E-state index contributed by atoms with van der Waals surface area (Å²) in [7, 11) is -2.79. The van der Waals surface area contributed by atoms with Crippen LogP contribution in [0.5, 0.6) is 0 Å². The summed E-state index contributed by atoms with van der Waals surface area (Å²) in [5, 5.41) is 2.82. The lowest BCUT2D eigenvalue weighted by atomic mass is 9.92. The number of ether oxygens (including phenoxy) is 2. The number of fused-ring (bicyclic) bond motifs is 3. The van der Waals surface area contributed by atoms with Crippen molar-refractivity contribution in [1.29, 1.82) is 0 Å². The molecular formula is C37H42ClNO5Si. The Morgan fingerprint density at radius 2 is 1.49 bits per heavy atom. The van der Waals surface area contributed by atoms with Gasteiger partial charge in [-0.2, -0.15) is 0 Å². The quantitative estimate of drug-likeness (QED) is 0.169. The molecule has 1 aliphatic rings. The van der Waals surface area contributed by atoms with Gasteiger partial charge in [0.15, 0.2) is 0 Å². The lowest BCUT2D eigenvalue weighted by Gasteiger charge is -2.43. The third kappa shape index (κ3) is 7.33. The van der Waals surface area contributed by atoms with Crippen molar-refractivity contribution in [1.82, 2.24) is 4.57 Å². The number of esters is 1. The largest absolute Gasteiger partial charge is 0.459 e. The molecule has 1 aliphatic heterocycles. The van der Waals surface area contributed by atoms with Gasteiger partial charge in [-0.25, -0.2) is 0 Å². The minimum Gasteiger partial charge on any atom is -0.459 e. The van der Waals surface area contributed by atoms with Gasteiger partial charge in [0, 0.05) is 29.3 Å². The van der Waals surface area contributed by atoms with Gasteiger partial charge in [0.1, 0.15) is 12.1 Å². The van der Waals surface area contributed by atoms with Gasteiger partial charge >= 0.3 is 5.97 Å². The molecule has 2 heterocycles. The Balaban J connectivity index is 1.51. The summed E-state index contributed by atoms with van der Waals surface area (Å²) < 4.78 is 20.7. The summed E-state index contributed by atoms with van der Waals surface area (Å²) in [6.45, 7) is 12.6. The number of benzene rings is 3. The van der Waals surface area contributed by atoms with Crippen molar-refractivity contribution in [2.45, 2.75) is 77.9 Å². The van der Waals surface area contributed by atoms with Crippen LogP contribution < -0.4 is 15.9 Å². The fraction of sp³-hybridized carbons (Fsp3) is 0.351. The average molecular weight is 644 g/mol. The van der Waals surface area contributed by atoms with Gasteiger partial charge < -0.3 is 18.5 Å². The SMILES string of the molecule is CC(C)(C)OC(=O)Cn1cc2c(cc1=O)-c1cc(Cl)ccc1CC(CO[Si](c1ccccc1)(c1ccccc1)C(C)(C)C)OC2. The van der Waals surface area contributed by atoms with E-state index < -0.39 is 19.9 Å². The molecule has 0 amide bonds. The first-order chi connectivity index (χ1) is 21.3. The van der Waals surface area contributed by atoms with E-state index in [2.05, 4.69) is 69.3 Å². The Bertz CT molecular complexity index is 1670. The zero-order valence-electron chi connectivity index (χ0n) is 26.9. The fourth-order valence-electron chi connectivity index (χ4n) is 6.20. The molecule has 0 spiro atoms. The van der Waals surface area contributed by atoms with E-state index in [1.807, 2.05) is 30.3 Å². The van der Waals surface area contributed by atoms with Crippen molar-refractivity contribution < 1.29 is 18.7 Å². The van der Waals surface area contributed by atoms with E-state index in [9.17, 15) is 9.59 Å². The van der Waals surface area contributed by atoms with Gasteiger partial charge in [-0.05, 0) is 65.0 Å². The van der Waals surface area contributed by atoms with E-state index in [4.69, 9.17) is 25.5 Å². The maximum Gasteiger partial charge on any atom is 0.326 e. The standard InChI is InChI=1S/C37H42ClNO5Si/c1-36(2,3)44-35(41)23-39-22-27-24-42-29(19-26-17-18-28(38)20-32(26)33(27)21-34(39)40)25-43-45(37(4,5)6,30-13-9-7-10-14-30)31-15-11-8-12-16-31/h7-18,20-22,29H,19,23-25H2,1-6H3. The van der Waals surface area contributed by atoms with Crippen LogP contribution in [0.1, 0.15) is 52.7 Å². The highest BCUT2D eigenvalue weighted by molar-refractivity contribution is 6.99. The molecule has 0 fully saturated rings. The lowest BCUT2D eigenvalue weighted by molar-refractivity contribution is -0.155. The van der Waals surface area contributed by atoms with Crippen LogP contribution in [0.3, 0.4) is 0 Å². The number of pyridine rings is 1. The molecule has 0 aliphatic carbocycles. The molecule has 0 bridgehead atoms. The molecule has 0 saturated heterocycles. The number of hydrogen-bond donors (Lipinski definition) is 0. The molecule has 1 aromatic heterocycles. The number of rotatable bonds is 7. The van der Waals surface area contributed by atoms with E-state index in [0.717, 1.165) is 22.3 Å². The molecule has 1 atom stereocenters. The Hall–Kier alpha value is -3.49. The molecule has 6 nitrogen and oxygen atoms in total. The highest BCUT2D eigenvalue weighted by Gasteiger charge is 2.50. The van der Waals surface area contributed by atoms with Crippen LogP contribution in [-0.2, 0) is 38.3 Å². The smallest absolute Gasteiger partial charge is 0.326 e. The first-order valence-corrected chi connectivity index (χ1v) is 17.7. The van der Waals surface area contributed by atoms with Gasteiger partial charge in [0.05, 0.1) is 19.3 Å². The van der Waals surface area contributed by atoms with Crippen molar-refractivity contribution in [2.24, 2.45) is 0 Å². The Kier molecular flexibility index (Phi) is 9.56. The van der Waals surface area contributed by atoms with E-state index in [1.54, 1.807) is 33.0 Å². The monoisotopic (exact) mass is 643 g/mol. The number of hydrogen-bond acceptors (Lipinski definition) is 5. The summed E-state index contributed by atoms with van der Waals surface area (Å²) in [6.07, 6.45) is 2.02. The number of carbonyl (C=O) groups excluding carboxylic acids is 1. The summed E-state index contributed by atoms with van der Waals surface area (Å²) in [5.41, 5.74) is 2.50. The zero-order chi connectivity index (χ0) is 32.4. The molecule has 45 heavy (non-hydrogen) atoms. The van der Waals surface area contributed by atoms with Crippen molar-refractivity contribution in [3.63, 3.8) is 0 Å². The molecule has 0 radical (unpaired) electrons. The van der Waals surface area contributed by atoms with Crippen molar-refractivity contribution in [3.8, 4) is 11.1 Å². The number of aromatic nitrogens is 1. The normalized spacial score (nSPS) is 15.4. The van der Waals surface area contributed by atoms with Gasteiger partial charge in [-0.3, -0.25) is 9.59 Å². The van der Waals surface area contributed by atoms with Gasteiger partial charge in [0.2, 0.25) is 0 Å². The highest BCUT2D eigenvalue weighted by atomic mass is 35.5. The van der Waals surface area contributed by atoms with E-state index >= 15 is 0 Å². The maximum atomic E-state index is 13.2. The van der Waals surface area contributed by atoms with Gasteiger partial charge in [-0.15, -0.1) is 0 Å². The van der Waals surface area contributed by atoms with E-state index in [0.29, 0.717) is 18.1 Å². The number of nitrogens with zero attached hydrogens (tertiary/aromatic N) is 1. The number of carbonyl (C=O) groups is 1. The average Bonchev–Trinajstić information content (AvgIpc) is 2.96. The molecule has 0 saturated carbocycles. The van der Waals surface area contributed by atoms with Crippen LogP contribution in [0, 0.1) is 0 Å². The van der Waals surface area contributed by atoms with Crippen LogP contribution in [0.2, 0.25) is 10.1 Å². The van der Waals surface area contributed by atoms with E-state index in [-0.39, 0.29) is 29.9 Å². The fourth-order valence-corrected chi connectivity index (χ4v) is 11.0. The minimum atomic E-state index is -2.79. The molecule has 236 valence electrons. The minimum absolute atomic E-state index is 0.174. The van der Waals surface area contributed by atoms with Gasteiger partial charge in [0.25, 0.3) is 13.9 Å². The van der Waals surface area contributed by atoms with Crippen molar-refractivity contribution >= 4 is 36.3 Å². The Labute approximate surface area is 272 Å². The van der Waals surface area contributed by atoms with Crippen LogP contribution in [-0.4, -0.2) is 37.2 Å². The summed E-state index contributed by atoms with van der Waals surface area (Å²) >= 11 is 6.49. The van der Waals surface area contributed by atoms with Gasteiger partial charge in [-0.1, -0.05) is 99.1 Å². The highest BCUT2D eigenvalue weighted by Crippen LogP contribution is 2.38. The predicted molar refractivity (Wildman–Crippen MR) is 183 cm³/mol. The summed E-state index contributed by atoms with van der Waals surface area (Å²) in [4.78, 5) is 25.8. The second kappa shape index (κ2) is 13.1. The second-order valence-corrected chi connectivity index (χ2v) is 18.4. The zero-order valence-corrected chi connectivity index (χ0v) is 28.7. The predicted octanol–water partition coefficient (Wildman–Crippen LogP) is 6.53.